The van der Waals surface area contributed by atoms with Crippen molar-refractivity contribution in [1.82, 2.24) is 5.32 Å². The molecule has 5 heteroatoms. The van der Waals surface area contributed by atoms with Crippen molar-refractivity contribution in [3.05, 3.63) is 55.9 Å². The van der Waals surface area contributed by atoms with E-state index in [-0.39, 0.29) is 11.1 Å². The Balaban J connectivity index is 2.38. The highest BCUT2D eigenvalue weighted by Crippen LogP contribution is 2.31. The van der Waals surface area contributed by atoms with Gasteiger partial charge in [0.25, 0.3) is 0 Å². The lowest BCUT2D eigenvalue weighted by Gasteiger charge is -2.15. The molecule has 1 atom stereocenters. The van der Waals surface area contributed by atoms with Gasteiger partial charge in [-0.1, -0.05) is 29.3 Å². The second-order valence-electron chi connectivity index (χ2n) is 3.54. The Bertz CT molecular complexity index is 527. The van der Waals surface area contributed by atoms with Gasteiger partial charge in [0.2, 0.25) is 0 Å². The van der Waals surface area contributed by atoms with E-state index in [0.717, 1.165) is 14.8 Å². The molecule has 2 aromatic rings. The van der Waals surface area contributed by atoms with Crippen molar-refractivity contribution < 1.29 is 4.39 Å². The summed E-state index contributed by atoms with van der Waals surface area (Å²) in [5.74, 6) is -0.410. The molecular weight excluding hydrogens is 280 g/mol. The van der Waals surface area contributed by atoms with Crippen LogP contribution in [-0.4, -0.2) is 7.05 Å². The summed E-state index contributed by atoms with van der Waals surface area (Å²) >= 11 is 13.0. The molecule has 0 radical (unpaired) electrons. The van der Waals surface area contributed by atoms with Gasteiger partial charge >= 0.3 is 0 Å². The third-order valence-electron chi connectivity index (χ3n) is 2.44. The third kappa shape index (κ3) is 2.80. The molecule has 0 aliphatic rings. The first-order valence-electron chi connectivity index (χ1n) is 4.99. The molecule has 0 saturated heterocycles. The molecule has 1 N–H and O–H groups in total. The average Bonchev–Trinajstić information content (AvgIpc) is 2.71. The van der Waals surface area contributed by atoms with Gasteiger partial charge < -0.3 is 5.32 Å². The molecule has 0 amide bonds. The summed E-state index contributed by atoms with van der Waals surface area (Å²) in [6.07, 6.45) is 0. The Morgan fingerprint density at radius 1 is 1.24 bits per heavy atom. The number of hydrogen-bond donors (Lipinski definition) is 1. The van der Waals surface area contributed by atoms with E-state index in [0.29, 0.717) is 0 Å². The summed E-state index contributed by atoms with van der Waals surface area (Å²) in [5.41, 5.74) is 0.827. The molecule has 1 unspecified atom stereocenters. The van der Waals surface area contributed by atoms with Crippen LogP contribution in [0, 0.1) is 5.82 Å². The van der Waals surface area contributed by atoms with Gasteiger partial charge in [-0.2, -0.15) is 0 Å². The van der Waals surface area contributed by atoms with Crippen LogP contribution in [0.2, 0.25) is 9.36 Å². The zero-order chi connectivity index (χ0) is 12.4. The SMILES string of the molecule is CNC(c1ccc(Cl)c(F)c1)c1ccc(Cl)s1. The minimum Gasteiger partial charge on any atom is -0.309 e. The smallest absolute Gasteiger partial charge is 0.142 e. The number of thiophene rings is 1. The van der Waals surface area contributed by atoms with Gasteiger partial charge in [-0.05, 0) is 36.9 Å². The van der Waals surface area contributed by atoms with Crippen LogP contribution in [0.15, 0.2) is 30.3 Å². The molecule has 90 valence electrons. The van der Waals surface area contributed by atoms with Crippen LogP contribution in [0.5, 0.6) is 0 Å². The predicted octanol–water partition coefficient (Wildman–Crippen LogP) is 4.50. The Morgan fingerprint density at radius 2 is 2.00 bits per heavy atom. The lowest BCUT2D eigenvalue weighted by molar-refractivity contribution is 0.618. The standard InChI is InChI=1S/C12H10Cl2FNS/c1-16-12(10-4-5-11(14)17-10)7-2-3-8(13)9(15)6-7/h2-6,12,16H,1H3. The second kappa shape index (κ2) is 5.36. The Kier molecular flexibility index (Phi) is 4.05. The molecule has 1 aromatic carbocycles. The van der Waals surface area contributed by atoms with Crippen molar-refractivity contribution in [3.63, 3.8) is 0 Å². The molecule has 0 saturated carbocycles. The molecule has 0 bridgehead atoms. The molecule has 1 nitrogen and oxygen atoms in total. The van der Waals surface area contributed by atoms with Crippen LogP contribution >= 0.6 is 34.5 Å². The molecule has 1 heterocycles. The van der Waals surface area contributed by atoms with Gasteiger partial charge in [0.15, 0.2) is 0 Å². The third-order valence-corrected chi connectivity index (χ3v) is 4.05. The average molecular weight is 290 g/mol. The fourth-order valence-corrected chi connectivity index (χ4v) is 2.97. The maximum absolute atomic E-state index is 13.4. The van der Waals surface area contributed by atoms with Gasteiger partial charge in [0.1, 0.15) is 5.82 Å². The summed E-state index contributed by atoms with van der Waals surface area (Å²) < 4.78 is 14.1. The molecule has 17 heavy (non-hydrogen) atoms. The van der Waals surface area contributed by atoms with Gasteiger partial charge in [-0.3, -0.25) is 0 Å². The zero-order valence-electron chi connectivity index (χ0n) is 9.01. The summed E-state index contributed by atoms with van der Waals surface area (Å²) in [5, 5.41) is 3.27. The van der Waals surface area contributed by atoms with Crippen LogP contribution in [0.25, 0.3) is 0 Å². The maximum Gasteiger partial charge on any atom is 0.142 e. The first-order valence-corrected chi connectivity index (χ1v) is 6.56. The molecule has 0 spiro atoms. The molecule has 0 fully saturated rings. The van der Waals surface area contributed by atoms with Crippen LogP contribution in [0.3, 0.4) is 0 Å². The lowest BCUT2D eigenvalue weighted by Crippen LogP contribution is -2.16. The normalized spacial score (nSPS) is 12.7. The highest BCUT2D eigenvalue weighted by Gasteiger charge is 2.15. The summed E-state index contributed by atoms with van der Waals surface area (Å²) in [4.78, 5) is 1.04. The predicted molar refractivity (Wildman–Crippen MR) is 71.6 cm³/mol. The Labute approximate surface area is 113 Å². The number of rotatable bonds is 3. The van der Waals surface area contributed by atoms with Gasteiger partial charge in [0.05, 0.1) is 15.4 Å². The minimum atomic E-state index is -0.410. The Hall–Kier alpha value is -0.610. The molecule has 1 aromatic heterocycles. The second-order valence-corrected chi connectivity index (χ2v) is 5.69. The summed E-state index contributed by atoms with van der Waals surface area (Å²) in [7, 11) is 1.82. The van der Waals surface area contributed by atoms with Crippen molar-refractivity contribution in [2.24, 2.45) is 0 Å². The quantitative estimate of drug-likeness (QED) is 0.877. The molecule has 2 rings (SSSR count). The van der Waals surface area contributed by atoms with E-state index in [4.69, 9.17) is 23.2 Å². The largest absolute Gasteiger partial charge is 0.309 e. The Morgan fingerprint density at radius 3 is 2.53 bits per heavy atom. The first kappa shape index (κ1) is 12.8. The number of nitrogens with one attached hydrogen (secondary N) is 1. The van der Waals surface area contributed by atoms with Gasteiger partial charge in [-0.15, -0.1) is 11.3 Å². The number of hydrogen-bond acceptors (Lipinski definition) is 2. The lowest BCUT2D eigenvalue weighted by atomic mass is 10.1. The van der Waals surface area contributed by atoms with Crippen LogP contribution in [-0.2, 0) is 0 Å². The van der Waals surface area contributed by atoms with E-state index in [2.05, 4.69) is 5.32 Å². The van der Waals surface area contributed by atoms with Gasteiger partial charge in [-0.25, -0.2) is 4.39 Å². The highest BCUT2D eigenvalue weighted by molar-refractivity contribution is 7.16. The number of benzene rings is 1. The van der Waals surface area contributed by atoms with Gasteiger partial charge in [0, 0.05) is 4.88 Å². The van der Waals surface area contributed by atoms with Crippen molar-refractivity contribution in [1.29, 1.82) is 0 Å². The molecule has 0 aliphatic carbocycles. The zero-order valence-corrected chi connectivity index (χ0v) is 11.3. The van der Waals surface area contributed by atoms with Crippen LogP contribution < -0.4 is 5.32 Å². The van der Waals surface area contributed by atoms with E-state index in [1.807, 2.05) is 19.2 Å². The van der Waals surface area contributed by atoms with E-state index in [1.165, 1.54) is 17.4 Å². The molecular formula is C12H10Cl2FNS. The fraction of sp³-hybridized carbons (Fsp3) is 0.167. The van der Waals surface area contributed by atoms with Crippen molar-refractivity contribution >= 4 is 34.5 Å². The first-order chi connectivity index (χ1) is 8.11. The van der Waals surface area contributed by atoms with E-state index in [1.54, 1.807) is 12.1 Å². The summed E-state index contributed by atoms with van der Waals surface area (Å²) in [6.45, 7) is 0. The van der Waals surface area contributed by atoms with Crippen molar-refractivity contribution in [2.45, 2.75) is 6.04 Å². The topological polar surface area (TPSA) is 12.0 Å². The fourth-order valence-electron chi connectivity index (χ4n) is 1.65. The number of halogens is 3. The monoisotopic (exact) mass is 289 g/mol. The maximum atomic E-state index is 13.4. The van der Waals surface area contributed by atoms with Crippen molar-refractivity contribution in [2.75, 3.05) is 7.05 Å². The highest BCUT2D eigenvalue weighted by atomic mass is 35.5. The van der Waals surface area contributed by atoms with Crippen LogP contribution in [0.1, 0.15) is 16.5 Å². The van der Waals surface area contributed by atoms with Crippen LogP contribution in [0.4, 0.5) is 4.39 Å². The summed E-state index contributed by atoms with van der Waals surface area (Å²) in [6, 6.07) is 8.50. The van der Waals surface area contributed by atoms with Crippen molar-refractivity contribution in [3.8, 4) is 0 Å². The molecule has 0 aliphatic heterocycles. The van der Waals surface area contributed by atoms with E-state index < -0.39 is 5.82 Å². The van der Waals surface area contributed by atoms with E-state index in [9.17, 15) is 4.39 Å². The minimum absolute atomic E-state index is 0.0701. The van der Waals surface area contributed by atoms with E-state index >= 15 is 0 Å².